The molecule has 0 heterocycles. The van der Waals surface area contributed by atoms with Crippen LogP contribution < -0.4 is 4.72 Å². The molecule has 0 aliphatic heterocycles. The molecule has 3 nitrogen and oxygen atoms in total. The quantitative estimate of drug-likeness (QED) is 0.825. The maximum absolute atomic E-state index is 12.4. The van der Waals surface area contributed by atoms with Crippen molar-refractivity contribution >= 4 is 31.6 Å². The number of hydrogen-bond donors (Lipinski definition) is 1. The van der Waals surface area contributed by atoms with Crippen LogP contribution in [0.2, 0.25) is 0 Å². The lowest BCUT2D eigenvalue weighted by Crippen LogP contribution is -2.15. The molecule has 2 rings (SSSR count). The smallest absolute Gasteiger partial charge is 0.261 e. The van der Waals surface area contributed by atoms with Gasteiger partial charge in [-0.1, -0.05) is 48.8 Å². The first-order valence-electron chi connectivity index (χ1n) is 6.99. The lowest BCUT2D eigenvalue weighted by molar-refractivity contribution is 0.587. The number of halogens is 1. The molecule has 0 aliphatic carbocycles. The standard InChI is InChI=1S/C17H20BrNO2S/c1-12-11-14(7-10-16(12)18)19-22(20,21)15-8-5-13(6-9-15)17(2,3)4/h5-11,19H,1-4H3. The third kappa shape index (κ3) is 3.90. The molecule has 0 saturated heterocycles. The highest BCUT2D eigenvalue weighted by molar-refractivity contribution is 9.10. The van der Waals surface area contributed by atoms with Crippen LogP contribution in [0, 0.1) is 6.92 Å². The third-order valence-corrected chi connectivity index (χ3v) is 5.73. The Balaban J connectivity index is 2.28. The summed E-state index contributed by atoms with van der Waals surface area (Å²) in [5, 5.41) is 0. The highest BCUT2D eigenvalue weighted by atomic mass is 79.9. The topological polar surface area (TPSA) is 46.2 Å². The fraction of sp³-hybridized carbons (Fsp3) is 0.294. The molecule has 118 valence electrons. The van der Waals surface area contributed by atoms with Crippen LogP contribution >= 0.6 is 15.9 Å². The Morgan fingerprint density at radius 2 is 1.59 bits per heavy atom. The van der Waals surface area contributed by atoms with Crippen LogP contribution in [0.4, 0.5) is 5.69 Å². The lowest BCUT2D eigenvalue weighted by atomic mass is 9.87. The van der Waals surface area contributed by atoms with Crippen molar-refractivity contribution in [3.05, 3.63) is 58.1 Å². The third-order valence-electron chi connectivity index (χ3n) is 3.44. The van der Waals surface area contributed by atoms with Gasteiger partial charge in [0.1, 0.15) is 0 Å². The summed E-state index contributed by atoms with van der Waals surface area (Å²) in [6.45, 7) is 8.21. The van der Waals surface area contributed by atoms with Crippen molar-refractivity contribution < 1.29 is 8.42 Å². The largest absolute Gasteiger partial charge is 0.280 e. The Kier molecular flexibility index (Phi) is 4.68. The second kappa shape index (κ2) is 6.05. The molecule has 2 aromatic carbocycles. The monoisotopic (exact) mass is 381 g/mol. The number of aryl methyl sites for hydroxylation is 1. The van der Waals surface area contributed by atoms with Gasteiger partial charge < -0.3 is 0 Å². The summed E-state index contributed by atoms with van der Waals surface area (Å²) < 4.78 is 28.4. The molecule has 0 bridgehead atoms. The summed E-state index contributed by atoms with van der Waals surface area (Å²) in [4.78, 5) is 0.265. The van der Waals surface area contributed by atoms with Crippen molar-refractivity contribution in [1.82, 2.24) is 0 Å². The average molecular weight is 382 g/mol. The van der Waals surface area contributed by atoms with Crippen molar-refractivity contribution in [3.63, 3.8) is 0 Å². The number of benzene rings is 2. The van der Waals surface area contributed by atoms with Crippen molar-refractivity contribution in [2.45, 2.75) is 38.0 Å². The predicted octanol–water partition coefficient (Wildman–Crippen LogP) is 4.86. The van der Waals surface area contributed by atoms with Gasteiger partial charge in [0.05, 0.1) is 4.90 Å². The fourth-order valence-electron chi connectivity index (χ4n) is 2.06. The molecule has 0 radical (unpaired) electrons. The van der Waals surface area contributed by atoms with Crippen LogP contribution in [0.15, 0.2) is 51.8 Å². The highest BCUT2D eigenvalue weighted by Crippen LogP contribution is 2.25. The lowest BCUT2D eigenvalue weighted by Gasteiger charge is -2.19. The second-order valence-electron chi connectivity index (χ2n) is 6.34. The molecule has 0 spiro atoms. The van der Waals surface area contributed by atoms with Crippen LogP contribution in [0.5, 0.6) is 0 Å². The van der Waals surface area contributed by atoms with Crippen LogP contribution in [0.3, 0.4) is 0 Å². The summed E-state index contributed by atoms with van der Waals surface area (Å²) in [7, 11) is -3.57. The van der Waals surface area contributed by atoms with Crippen LogP contribution in [0.1, 0.15) is 31.9 Å². The maximum atomic E-state index is 12.4. The summed E-state index contributed by atoms with van der Waals surface area (Å²) in [6.07, 6.45) is 0. The minimum atomic E-state index is -3.57. The molecule has 0 aliphatic rings. The summed E-state index contributed by atoms with van der Waals surface area (Å²) in [5.41, 5.74) is 2.63. The van der Waals surface area contributed by atoms with Crippen molar-refractivity contribution in [2.75, 3.05) is 4.72 Å². The van der Waals surface area contributed by atoms with Gasteiger partial charge in [-0.15, -0.1) is 0 Å². The van der Waals surface area contributed by atoms with Gasteiger partial charge in [0.15, 0.2) is 0 Å². The molecule has 2 aromatic rings. The number of sulfonamides is 1. The van der Waals surface area contributed by atoms with Gasteiger partial charge >= 0.3 is 0 Å². The normalized spacial score (nSPS) is 12.2. The number of anilines is 1. The van der Waals surface area contributed by atoms with E-state index in [-0.39, 0.29) is 10.3 Å². The van der Waals surface area contributed by atoms with Gasteiger partial charge in [-0.05, 0) is 53.8 Å². The first-order valence-corrected chi connectivity index (χ1v) is 9.27. The number of nitrogens with one attached hydrogen (secondary N) is 1. The minimum absolute atomic E-state index is 0.00145. The molecule has 0 aromatic heterocycles. The van der Waals surface area contributed by atoms with E-state index in [1.165, 1.54) is 0 Å². The zero-order chi connectivity index (χ0) is 16.5. The molecular weight excluding hydrogens is 362 g/mol. The van der Waals surface area contributed by atoms with Gasteiger partial charge in [0.25, 0.3) is 10.0 Å². The van der Waals surface area contributed by atoms with E-state index in [0.717, 1.165) is 15.6 Å². The Morgan fingerprint density at radius 1 is 1.00 bits per heavy atom. The summed E-state index contributed by atoms with van der Waals surface area (Å²) in [6, 6.07) is 12.4. The van der Waals surface area contributed by atoms with Crippen molar-refractivity contribution in [3.8, 4) is 0 Å². The molecule has 0 amide bonds. The molecule has 0 fully saturated rings. The Labute approximate surface area is 140 Å². The molecule has 0 atom stereocenters. The van der Waals surface area contributed by atoms with Gasteiger partial charge in [0.2, 0.25) is 0 Å². The molecular formula is C17H20BrNO2S. The highest BCUT2D eigenvalue weighted by Gasteiger charge is 2.17. The van der Waals surface area contributed by atoms with Gasteiger partial charge in [-0.3, -0.25) is 4.72 Å². The van der Waals surface area contributed by atoms with Gasteiger partial charge in [-0.2, -0.15) is 0 Å². The second-order valence-corrected chi connectivity index (χ2v) is 8.88. The van der Waals surface area contributed by atoms with E-state index in [4.69, 9.17) is 0 Å². The molecule has 0 unspecified atom stereocenters. The van der Waals surface area contributed by atoms with E-state index in [0.29, 0.717) is 5.69 Å². The zero-order valence-corrected chi connectivity index (χ0v) is 15.5. The van der Waals surface area contributed by atoms with E-state index in [1.54, 1.807) is 24.3 Å². The van der Waals surface area contributed by atoms with E-state index >= 15 is 0 Å². The SMILES string of the molecule is Cc1cc(NS(=O)(=O)c2ccc(C(C)(C)C)cc2)ccc1Br. The average Bonchev–Trinajstić information content (AvgIpc) is 2.42. The van der Waals surface area contributed by atoms with Crippen LogP contribution in [-0.2, 0) is 15.4 Å². The van der Waals surface area contributed by atoms with E-state index in [1.807, 2.05) is 25.1 Å². The fourth-order valence-corrected chi connectivity index (χ4v) is 3.35. The maximum Gasteiger partial charge on any atom is 0.261 e. The predicted molar refractivity (Wildman–Crippen MR) is 94.8 cm³/mol. The summed E-state index contributed by atoms with van der Waals surface area (Å²) in [5.74, 6) is 0. The Morgan fingerprint density at radius 3 is 2.09 bits per heavy atom. The van der Waals surface area contributed by atoms with Crippen molar-refractivity contribution in [1.29, 1.82) is 0 Å². The summed E-state index contributed by atoms with van der Waals surface area (Å²) >= 11 is 3.40. The van der Waals surface area contributed by atoms with Crippen LogP contribution in [-0.4, -0.2) is 8.42 Å². The minimum Gasteiger partial charge on any atom is -0.280 e. The van der Waals surface area contributed by atoms with Gasteiger partial charge in [-0.25, -0.2) is 8.42 Å². The first kappa shape index (κ1) is 17.0. The molecule has 5 heteroatoms. The Hall–Kier alpha value is -1.33. The first-order chi connectivity index (χ1) is 10.1. The number of hydrogen-bond acceptors (Lipinski definition) is 2. The van der Waals surface area contributed by atoms with Crippen molar-refractivity contribution in [2.24, 2.45) is 0 Å². The van der Waals surface area contributed by atoms with E-state index in [9.17, 15) is 8.42 Å². The van der Waals surface area contributed by atoms with E-state index < -0.39 is 10.0 Å². The number of rotatable bonds is 3. The Bertz CT molecular complexity index is 775. The zero-order valence-electron chi connectivity index (χ0n) is 13.1. The van der Waals surface area contributed by atoms with Gasteiger partial charge in [0, 0.05) is 10.2 Å². The van der Waals surface area contributed by atoms with Crippen LogP contribution in [0.25, 0.3) is 0 Å². The molecule has 0 saturated carbocycles. The molecule has 1 N–H and O–H groups in total. The molecule has 22 heavy (non-hydrogen) atoms. The van der Waals surface area contributed by atoms with E-state index in [2.05, 4.69) is 41.4 Å².